The van der Waals surface area contributed by atoms with E-state index in [-0.39, 0.29) is 37.0 Å². The average molecular weight is 556 g/mol. The molecule has 40 heavy (non-hydrogen) atoms. The summed E-state index contributed by atoms with van der Waals surface area (Å²) in [4.78, 5) is 46.7. The first-order valence-corrected chi connectivity index (χ1v) is 13.1. The lowest BCUT2D eigenvalue weighted by Gasteiger charge is -2.31. The van der Waals surface area contributed by atoms with Crippen LogP contribution in [0.4, 0.5) is 21.0 Å². The Hall–Kier alpha value is -4.16. The second-order valence-electron chi connectivity index (χ2n) is 9.24. The summed E-state index contributed by atoms with van der Waals surface area (Å²) in [5, 5.41) is 14.0. The minimum atomic E-state index is -0.662. The minimum absolute atomic E-state index is 0.0369. The Morgan fingerprint density at radius 1 is 0.800 bits per heavy atom. The van der Waals surface area contributed by atoms with Crippen LogP contribution in [0.2, 0.25) is 0 Å². The molecule has 4 amide bonds. The lowest BCUT2D eigenvalue weighted by atomic mass is 10.0. The van der Waals surface area contributed by atoms with E-state index in [2.05, 4.69) is 36.1 Å². The van der Waals surface area contributed by atoms with Crippen molar-refractivity contribution in [2.24, 2.45) is 0 Å². The maximum atomic E-state index is 12.2. The molecule has 2 aromatic carbocycles. The normalized spacial score (nSPS) is 16.4. The van der Waals surface area contributed by atoms with Crippen LogP contribution in [0.15, 0.2) is 48.5 Å². The van der Waals surface area contributed by atoms with Crippen LogP contribution in [0.1, 0.15) is 24.0 Å². The van der Waals surface area contributed by atoms with Gasteiger partial charge in [-0.05, 0) is 48.9 Å². The molecule has 3 rings (SSSR count). The monoisotopic (exact) mass is 555 g/mol. The molecular weight excluding hydrogens is 518 g/mol. The highest BCUT2D eigenvalue weighted by Crippen LogP contribution is 2.21. The topological polar surface area (TPSA) is 156 Å². The second kappa shape index (κ2) is 16.1. The van der Waals surface area contributed by atoms with Crippen LogP contribution in [-0.2, 0) is 36.6 Å². The number of rotatable bonds is 12. The molecule has 1 aliphatic rings. The molecule has 216 valence electrons. The standard InChI is InChI=1S/C28H37N5O7/c1-38-27(36)30-16-25(34)32-23-9-5-3-7-19(23)11-13-21-18-40-22(15-29-21)14-12-20-8-4-6-10-24(20)33-26(35)17-31-28(37)39-2/h3-10,21-22,29H,11-18H2,1-2H3,(H,30,36)(H,31,37)(H,32,34)(H,33,35). The number of para-hydroxylation sites is 2. The number of aryl methyl sites for hydroxylation is 2. The van der Waals surface area contributed by atoms with Crippen LogP contribution in [0.5, 0.6) is 0 Å². The molecular formula is C28H37N5O7. The molecule has 2 unspecified atom stereocenters. The third-order valence-corrected chi connectivity index (χ3v) is 6.41. The summed E-state index contributed by atoms with van der Waals surface area (Å²) in [5.41, 5.74) is 3.40. The van der Waals surface area contributed by atoms with Gasteiger partial charge in [-0.1, -0.05) is 36.4 Å². The molecule has 2 atom stereocenters. The third-order valence-electron chi connectivity index (χ3n) is 6.41. The fourth-order valence-electron chi connectivity index (χ4n) is 4.24. The summed E-state index contributed by atoms with van der Waals surface area (Å²) in [6, 6.07) is 15.3. The van der Waals surface area contributed by atoms with Crippen LogP contribution in [0, 0.1) is 0 Å². The maximum Gasteiger partial charge on any atom is 0.407 e. The molecule has 1 fully saturated rings. The Bertz CT molecular complexity index is 1060. The molecule has 5 N–H and O–H groups in total. The van der Waals surface area contributed by atoms with E-state index in [1.807, 2.05) is 48.5 Å². The van der Waals surface area contributed by atoms with E-state index >= 15 is 0 Å². The summed E-state index contributed by atoms with van der Waals surface area (Å²) in [6.07, 6.45) is 1.78. The number of hydrogen-bond donors (Lipinski definition) is 5. The first-order valence-electron chi connectivity index (χ1n) is 13.1. The number of amides is 4. The van der Waals surface area contributed by atoms with Gasteiger partial charge in [0.1, 0.15) is 13.1 Å². The lowest BCUT2D eigenvalue weighted by molar-refractivity contribution is -0.116. The van der Waals surface area contributed by atoms with Crippen molar-refractivity contribution in [3.8, 4) is 0 Å². The van der Waals surface area contributed by atoms with Crippen LogP contribution < -0.4 is 26.6 Å². The quantitative estimate of drug-likeness (QED) is 0.267. The Balaban J connectivity index is 1.41. The summed E-state index contributed by atoms with van der Waals surface area (Å²) in [5.74, 6) is -0.672. The minimum Gasteiger partial charge on any atom is -0.453 e. The second-order valence-corrected chi connectivity index (χ2v) is 9.24. The molecule has 12 heteroatoms. The zero-order valence-electron chi connectivity index (χ0n) is 22.8. The van der Waals surface area contributed by atoms with Gasteiger partial charge >= 0.3 is 12.2 Å². The summed E-state index contributed by atoms with van der Waals surface area (Å²) in [7, 11) is 2.48. The third kappa shape index (κ3) is 10.2. The van der Waals surface area contributed by atoms with E-state index in [0.29, 0.717) is 24.5 Å². The van der Waals surface area contributed by atoms with Crippen LogP contribution in [-0.4, -0.2) is 76.6 Å². The van der Waals surface area contributed by atoms with Crippen LogP contribution >= 0.6 is 0 Å². The molecule has 1 heterocycles. The largest absolute Gasteiger partial charge is 0.453 e. The highest BCUT2D eigenvalue weighted by atomic mass is 16.5. The average Bonchev–Trinajstić information content (AvgIpc) is 2.98. The summed E-state index contributed by atoms with van der Waals surface area (Å²) < 4.78 is 15.1. The van der Waals surface area contributed by atoms with Gasteiger partial charge in [-0.2, -0.15) is 0 Å². The fourth-order valence-corrected chi connectivity index (χ4v) is 4.24. The fraction of sp³-hybridized carbons (Fsp3) is 0.429. The summed E-state index contributed by atoms with van der Waals surface area (Å²) >= 11 is 0. The number of alkyl carbamates (subject to hydrolysis) is 2. The van der Waals surface area contributed by atoms with Gasteiger partial charge in [0.15, 0.2) is 0 Å². The first-order chi connectivity index (χ1) is 19.4. The van der Waals surface area contributed by atoms with E-state index in [1.54, 1.807) is 0 Å². The number of anilines is 2. The number of benzene rings is 2. The number of carbonyl (C=O) groups is 4. The van der Waals surface area contributed by atoms with Gasteiger partial charge in [-0.3, -0.25) is 9.59 Å². The number of methoxy groups -OCH3 is 2. The molecule has 2 aromatic rings. The molecule has 0 radical (unpaired) electrons. The molecule has 1 saturated heterocycles. The maximum absolute atomic E-state index is 12.2. The van der Waals surface area contributed by atoms with Gasteiger partial charge in [0, 0.05) is 24.0 Å². The Kier molecular flexibility index (Phi) is 12.2. The predicted molar refractivity (Wildman–Crippen MR) is 149 cm³/mol. The lowest BCUT2D eigenvalue weighted by Crippen LogP contribution is -2.46. The van der Waals surface area contributed by atoms with Gasteiger partial charge in [-0.25, -0.2) is 9.59 Å². The summed E-state index contributed by atoms with van der Waals surface area (Å²) in [6.45, 7) is 0.922. The van der Waals surface area contributed by atoms with E-state index in [1.165, 1.54) is 14.2 Å². The van der Waals surface area contributed by atoms with Crippen molar-refractivity contribution in [2.45, 2.75) is 37.8 Å². The highest BCUT2D eigenvalue weighted by molar-refractivity contribution is 5.95. The zero-order chi connectivity index (χ0) is 28.7. The highest BCUT2D eigenvalue weighted by Gasteiger charge is 2.22. The molecule has 0 saturated carbocycles. The number of carbonyl (C=O) groups excluding carboxylic acids is 4. The number of morpholine rings is 1. The van der Waals surface area contributed by atoms with Gasteiger partial charge in [-0.15, -0.1) is 0 Å². The SMILES string of the molecule is COC(=O)NCC(=O)Nc1ccccc1CCC1COC(CCc2ccccc2NC(=O)CNC(=O)OC)CN1. The predicted octanol–water partition coefficient (Wildman–Crippen LogP) is 2.20. The molecule has 0 aromatic heterocycles. The Labute approximate surface area is 233 Å². The van der Waals surface area contributed by atoms with E-state index in [0.717, 1.165) is 36.8 Å². The van der Waals surface area contributed by atoms with Crippen molar-refractivity contribution in [3.63, 3.8) is 0 Å². The van der Waals surface area contributed by atoms with Gasteiger partial charge in [0.25, 0.3) is 0 Å². The molecule has 0 bridgehead atoms. The first kappa shape index (κ1) is 30.4. The Morgan fingerprint density at radius 2 is 1.30 bits per heavy atom. The number of nitrogens with one attached hydrogen (secondary N) is 5. The molecule has 12 nitrogen and oxygen atoms in total. The Morgan fingerprint density at radius 3 is 1.77 bits per heavy atom. The molecule has 0 spiro atoms. The smallest absolute Gasteiger partial charge is 0.407 e. The van der Waals surface area contributed by atoms with E-state index < -0.39 is 12.2 Å². The van der Waals surface area contributed by atoms with E-state index in [9.17, 15) is 19.2 Å². The zero-order valence-corrected chi connectivity index (χ0v) is 22.8. The van der Waals surface area contributed by atoms with Crippen molar-refractivity contribution in [2.75, 3.05) is 51.1 Å². The van der Waals surface area contributed by atoms with Crippen LogP contribution in [0.3, 0.4) is 0 Å². The van der Waals surface area contributed by atoms with Crippen molar-refractivity contribution in [3.05, 3.63) is 59.7 Å². The van der Waals surface area contributed by atoms with Gasteiger partial charge in [0.2, 0.25) is 11.8 Å². The molecule has 0 aliphatic carbocycles. The number of ether oxygens (including phenoxy) is 3. The van der Waals surface area contributed by atoms with Crippen LogP contribution in [0.25, 0.3) is 0 Å². The van der Waals surface area contributed by atoms with Gasteiger partial charge in [0.05, 0.1) is 26.9 Å². The van der Waals surface area contributed by atoms with Crippen molar-refractivity contribution >= 4 is 35.4 Å². The molecule has 1 aliphatic heterocycles. The van der Waals surface area contributed by atoms with E-state index in [4.69, 9.17) is 4.74 Å². The van der Waals surface area contributed by atoms with Crippen molar-refractivity contribution in [1.29, 1.82) is 0 Å². The van der Waals surface area contributed by atoms with Crippen molar-refractivity contribution in [1.82, 2.24) is 16.0 Å². The van der Waals surface area contributed by atoms with Gasteiger partial charge < -0.3 is 40.8 Å². The number of hydrogen-bond acceptors (Lipinski definition) is 8. The van der Waals surface area contributed by atoms with Crippen molar-refractivity contribution < 1.29 is 33.4 Å².